The third kappa shape index (κ3) is 3.34. The Bertz CT molecular complexity index is 339. The molecule has 102 valence electrons. The first-order valence-corrected chi connectivity index (χ1v) is 6.87. The molecule has 4 nitrogen and oxygen atoms in total. The van der Waals surface area contributed by atoms with Gasteiger partial charge in [-0.2, -0.15) is 0 Å². The smallest absolute Gasteiger partial charge is 0.117 e. The number of nitrogens with zero attached hydrogens (tertiary/aromatic N) is 2. The van der Waals surface area contributed by atoms with Crippen LogP contribution < -0.4 is 5.73 Å². The minimum absolute atomic E-state index is 0.537. The highest BCUT2D eigenvalue weighted by atomic mass is 16.3. The van der Waals surface area contributed by atoms with E-state index in [1.807, 2.05) is 6.07 Å². The molecule has 1 aromatic heterocycles. The maximum atomic E-state index is 5.76. The molecule has 2 unspecified atom stereocenters. The molecule has 0 saturated carbocycles. The lowest BCUT2D eigenvalue weighted by atomic mass is 10.1. The van der Waals surface area contributed by atoms with Gasteiger partial charge in [0.05, 0.1) is 12.8 Å². The highest BCUT2D eigenvalue weighted by Gasteiger charge is 2.26. The molecule has 0 aliphatic carbocycles. The van der Waals surface area contributed by atoms with Gasteiger partial charge in [-0.3, -0.25) is 4.90 Å². The monoisotopic (exact) mass is 251 g/mol. The lowest BCUT2D eigenvalue weighted by molar-refractivity contribution is 0.158. The van der Waals surface area contributed by atoms with Crippen LogP contribution in [0.25, 0.3) is 0 Å². The van der Waals surface area contributed by atoms with Crippen LogP contribution in [0.15, 0.2) is 22.8 Å². The second-order valence-corrected chi connectivity index (χ2v) is 5.36. The fraction of sp³-hybridized carbons (Fsp3) is 0.714. The molecule has 0 amide bonds. The van der Waals surface area contributed by atoms with Gasteiger partial charge < -0.3 is 15.1 Å². The van der Waals surface area contributed by atoms with Crippen molar-refractivity contribution >= 4 is 0 Å². The summed E-state index contributed by atoms with van der Waals surface area (Å²) in [5, 5.41) is 0. The van der Waals surface area contributed by atoms with Crippen LogP contribution in [0.5, 0.6) is 0 Å². The summed E-state index contributed by atoms with van der Waals surface area (Å²) in [5.74, 6) is 1.05. The SMILES string of the molecule is CC1CCN(Cc2ccco2)C(CCN)CN1C. The lowest BCUT2D eigenvalue weighted by Crippen LogP contribution is -2.41. The molecule has 1 saturated heterocycles. The topological polar surface area (TPSA) is 45.6 Å². The standard InChI is InChI=1S/C14H25N3O/c1-12-6-8-17(11-14-4-3-9-18-14)13(5-7-15)10-16(12)2/h3-4,9,12-13H,5-8,10-11,15H2,1-2H3. The number of likely N-dealkylation sites (N-methyl/N-ethyl adjacent to an activating group) is 1. The molecule has 1 fully saturated rings. The van der Waals surface area contributed by atoms with Crippen molar-refractivity contribution in [2.45, 2.75) is 38.4 Å². The van der Waals surface area contributed by atoms with E-state index >= 15 is 0 Å². The average Bonchev–Trinajstić information content (AvgIpc) is 2.81. The molecule has 1 aliphatic heterocycles. The van der Waals surface area contributed by atoms with Gasteiger partial charge >= 0.3 is 0 Å². The first-order valence-electron chi connectivity index (χ1n) is 6.87. The van der Waals surface area contributed by atoms with Crippen molar-refractivity contribution in [2.24, 2.45) is 5.73 Å². The molecule has 0 aromatic carbocycles. The zero-order chi connectivity index (χ0) is 13.0. The van der Waals surface area contributed by atoms with E-state index in [2.05, 4.69) is 29.8 Å². The summed E-state index contributed by atoms with van der Waals surface area (Å²) in [6.45, 7) is 6.17. The Morgan fingerprint density at radius 1 is 1.50 bits per heavy atom. The molecule has 0 radical (unpaired) electrons. The van der Waals surface area contributed by atoms with Crippen molar-refractivity contribution < 1.29 is 4.42 Å². The number of hydrogen-bond donors (Lipinski definition) is 1. The summed E-state index contributed by atoms with van der Waals surface area (Å²) in [6, 6.07) is 5.19. The van der Waals surface area contributed by atoms with Gasteiger partial charge in [-0.05, 0) is 45.5 Å². The van der Waals surface area contributed by atoms with Crippen molar-refractivity contribution in [3.05, 3.63) is 24.2 Å². The van der Waals surface area contributed by atoms with E-state index in [1.165, 1.54) is 6.42 Å². The predicted octanol–water partition coefficient (Wildman–Crippen LogP) is 1.52. The van der Waals surface area contributed by atoms with Gasteiger partial charge in [0, 0.05) is 25.2 Å². The number of rotatable bonds is 4. The van der Waals surface area contributed by atoms with E-state index in [0.717, 1.165) is 38.4 Å². The summed E-state index contributed by atoms with van der Waals surface area (Å²) in [4.78, 5) is 4.97. The molecule has 1 aliphatic rings. The molecule has 0 spiro atoms. The minimum Gasteiger partial charge on any atom is -0.468 e. The Balaban J connectivity index is 2.04. The summed E-state index contributed by atoms with van der Waals surface area (Å²) < 4.78 is 5.47. The minimum atomic E-state index is 0.537. The molecular formula is C14H25N3O. The summed E-state index contributed by atoms with van der Waals surface area (Å²) >= 11 is 0. The molecule has 0 bridgehead atoms. The van der Waals surface area contributed by atoms with Crippen molar-refractivity contribution in [3.63, 3.8) is 0 Å². The summed E-state index contributed by atoms with van der Waals surface area (Å²) in [5.41, 5.74) is 5.76. The molecule has 2 heterocycles. The van der Waals surface area contributed by atoms with Crippen LogP contribution >= 0.6 is 0 Å². The predicted molar refractivity (Wildman–Crippen MR) is 73.3 cm³/mol. The number of furan rings is 1. The zero-order valence-electron chi connectivity index (χ0n) is 11.5. The molecule has 18 heavy (non-hydrogen) atoms. The highest BCUT2D eigenvalue weighted by molar-refractivity contribution is 4.99. The van der Waals surface area contributed by atoms with Crippen LogP contribution in [0, 0.1) is 0 Å². The quantitative estimate of drug-likeness (QED) is 0.881. The van der Waals surface area contributed by atoms with Gasteiger partial charge in [0.2, 0.25) is 0 Å². The maximum Gasteiger partial charge on any atom is 0.117 e. The highest BCUT2D eigenvalue weighted by Crippen LogP contribution is 2.18. The number of nitrogens with two attached hydrogens (primary N) is 1. The van der Waals surface area contributed by atoms with Gasteiger partial charge in [-0.15, -0.1) is 0 Å². The Labute approximate surface area is 110 Å². The van der Waals surface area contributed by atoms with E-state index < -0.39 is 0 Å². The van der Waals surface area contributed by atoms with Crippen LogP contribution in [0.3, 0.4) is 0 Å². The van der Waals surface area contributed by atoms with Crippen molar-refractivity contribution in [1.29, 1.82) is 0 Å². The van der Waals surface area contributed by atoms with E-state index in [9.17, 15) is 0 Å². The fourth-order valence-corrected chi connectivity index (χ4v) is 2.66. The van der Waals surface area contributed by atoms with Crippen LogP contribution in [0.1, 0.15) is 25.5 Å². The third-order valence-corrected chi connectivity index (χ3v) is 4.04. The van der Waals surface area contributed by atoms with Crippen LogP contribution in [0.4, 0.5) is 0 Å². The van der Waals surface area contributed by atoms with E-state index in [1.54, 1.807) is 6.26 Å². The van der Waals surface area contributed by atoms with E-state index in [0.29, 0.717) is 12.1 Å². The third-order valence-electron chi connectivity index (χ3n) is 4.04. The van der Waals surface area contributed by atoms with E-state index in [4.69, 9.17) is 10.2 Å². The van der Waals surface area contributed by atoms with Gasteiger partial charge in [0.15, 0.2) is 0 Å². The van der Waals surface area contributed by atoms with Gasteiger partial charge in [0.25, 0.3) is 0 Å². The molecule has 4 heteroatoms. The molecule has 1 aromatic rings. The van der Waals surface area contributed by atoms with Crippen LogP contribution in [-0.2, 0) is 6.54 Å². The molecule has 2 atom stereocenters. The average molecular weight is 251 g/mol. The van der Waals surface area contributed by atoms with E-state index in [-0.39, 0.29) is 0 Å². The van der Waals surface area contributed by atoms with Gasteiger partial charge in [-0.1, -0.05) is 0 Å². The summed E-state index contributed by atoms with van der Waals surface area (Å²) in [6.07, 6.45) is 4.01. The number of hydrogen-bond acceptors (Lipinski definition) is 4. The normalized spacial score (nSPS) is 27.3. The van der Waals surface area contributed by atoms with Gasteiger partial charge in [0.1, 0.15) is 5.76 Å². The molecule has 2 rings (SSSR count). The summed E-state index contributed by atoms with van der Waals surface area (Å²) in [7, 11) is 2.21. The Morgan fingerprint density at radius 3 is 3.00 bits per heavy atom. The Kier molecular flexibility index (Phi) is 4.80. The molecular weight excluding hydrogens is 226 g/mol. The fourth-order valence-electron chi connectivity index (χ4n) is 2.66. The first-order chi connectivity index (χ1) is 8.70. The van der Waals surface area contributed by atoms with Crippen molar-refractivity contribution in [2.75, 3.05) is 26.7 Å². The Morgan fingerprint density at radius 2 is 2.33 bits per heavy atom. The zero-order valence-corrected chi connectivity index (χ0v) is 11.5. The van der Waals surface area contributed by atoms with Crippen LogP contribution in [0.2, 0.25) is 0 Å². The van der Waals surface area contributed by atoms with Crippen LogP contribution in [-0.4, -0.2) is 48.6 Å². The van der Waals surface area contributed by atoms with Crippen molar-refractivity contribution in [1.82, 2.24) is 9.80 Å². The Hall–Kier alpha value is -0.840. The van der Waals surface area contributed by atoms with Gasteiger partial charge in [-0.25, -0.2) is 0 Å². The largest absolute Gasteiger partial charge is 0.468 e. The maximum absolute atomic E-state index is 5.76. The van der Waals surface area contributed by atoms with Crippen molar-refractivity contribution in [3.8, 4) is 0 Å². The second kappa shape index (κ2) is 6.36. The first kappa shape index (κ1) is 13.6. The molecule has 2 N–H and O–H groups in total. The lowest BCUT2D eigenvalue weighted by Gasteiger charge is -2.30. The second-order valence-electron chi connectivity index (χ2n) is 5.36.